The molecule has 0 saturated heterocycles. The van der Waals surface area contributed by atoms with Crippen molar-refractivity contribution in [1.29, 1.82) is 0 Å². The third-order valence-corrected chi connectivity index (χ3v) is 6.59. The topological polar surface area (TPSA) is 107 Å². The maximum Gasteiger partial charge on any atom is 0.0796 e. The summed E-state index contributed by atoms with van der Waals surface area (Å²) in [5.74, 6) is -1.37. The van der Waals surface area contributed by atoms with Crippen LogP contribution in [0.2, 0.25) is 0 Å². The van der Waals surface area contributed by atoms with E-state index in [1.807, 2.05) is 78.0 Å². The van der Waals surface area contributed by atoms with Gasteiger partial charge in [-0.25, -0.2) is 0 Å². The van der Waals surface area contributed by atoms with Crippen LogP contribution in [0.5, 0.6) is 0 Å². The van der Waals surface area contributed by atoms with Gasteiger partial charge in [-0.15, -0.1) is 0 Å². The van der Waals surface area contributed by atoms with Crippen molar-refractivity contribution >= 4 is 26.7 Å². The van der Waals surface area contributed by atoms with Crippen LogP contribution >= 0.6 is 9.69 Å². The average molecular weight is 635 g/mol. The predicted octanol–water partition coefficient (Wildman–Crippen LogP) is 7.25. The summed E-state index contributed by atoms with van der Waals surface area (Å²) in [5, 5.41) is 0. The molecule has 0 saturated carbocycles. The molecule has 0 bridgehead atoms. The van der Waals surface area contributed by atoms with E-state index >= 15 is 0 Å². The second-order valence-corrected chi connectivity index (χ2v) is 9.72. The molecule has 199 valence electrons. The molecule has 0 heterocycles. The first-order valence-corrected chi connectivity index (χ1v) is 15.0. The van der Waals surface area contributed by atoms with Crippen molar-refractivity contribution < 1.29 is 30.9 Å². The molecule has 0 radical (unpaired) electrons. The number of nitrogens with two attached hydrogens (primary N) is 1. The van der Waals surface area contributed by atoms with Gasteiger partial charge in [0.2, 0.25) is 0 Å². The molecule has 0 aliphatic carbocycles. The van der Waals surface area contributed by atoms with E-state index < -0.39 is 28.9 Å². The van der Waals surface area contributed by atoms with Gasteiger partial charge in [0.15, 0.2) is 0 Å². The monoisotopic (exact) mass is 635 g/mol. The van der Waals surface area contributed by atoms with E-state index in [0.717, 1.165) is 11.1 Å². The number of nitrogens with one attached hydrogen (secondary N) is 1. The molecule has 0 aliphatic rings. The van der Waals surface area contributed by atoms with E-state index in [-0.39, 0.29) is 10.5 Å². The van der Waals surface area contributed by atoms with Gasteiger partial charge in [-0.1, -0.05) is 102 Å². The first kappa shape index (κ1) is 31.6. The second-order valence-electron chi connectivity index (χ2n) is 8.81. The van der Waals surface area contributed by atoms with Crippen molar-refractivity contribution in [2.45, 2.75) is 37.6 Å². The fourth-order valence-electron chi connectivity index (χ4n) is 4.40. The quantitative estimate of drug-likeness (QED) is 0.178. The van der Waals surface area contributed by atoms with E-state index in [1.165, 1.54) is 34.9 Å². The first-order chi connectivity index (χ1) is 18.2. The largest absolute Gasteiger partial charge is 0.768 e. The van der Waals surface area contributed by atoms with Crippen molar-refractivity contribution in [3.05, 3.63) is 142 Å². The van der Waals surface area contributed by atoms with Crippen LogP contribution in [0.4, 0.5) is 0 Å². The van der Waals surface area contributed by atoms with E-state index in [0.29, 0.717) is 5.56 Å². The Balaban J connectivity index is 0.000000387. The number of aryl methyl sites for hydroxylation is 3. The van der Waals surface area contributed by atoms with E-state index in [9.17, 15) is 13.6 Å². The van der Waals surface area contributed by atoms with Crippen LogP contribution in [0.3, 0.4) is 0 Å². The standard InChI is InChI=1S/C21H20N2O3S.C9H12.ClH.Ru/c22-20(15-9-5-2-6-10-15)19(14-7-3-1-4-8-14)17-13-16(21(23)24)11-12-18(17)27(25)26;1-7-4-8(2)6-9(3)5-7;;/h1-13,19-20H,22H2,(H3,23,24,25,26);4-6H,1-3H3;1H;/q;;;+3/p-3/t19-,20+;;;/m0.../s1. The Morgan fingerprint density at radius 2 is 1.26 bits per heavy atom. The summed E-state index contributed by atoms with van der Waals surface area (Å²) in [6.45, 7) is 6.38. The summed E-state index contributed by atoms with van der Waals surface area (Å²) >= 11 is -0.685. The number of halogens is 1. The SMILES string of the molecule is Cc1cc(C)cc(C)c1.[Cl][Ru+2].[NH-]C(=O)c1ccc(S(=O)[O-])c([C@H](c2ccccc2)[C@H](N)c2ccccc2)c1. The Kier molecular flexibility index (Phi) is 13.0. The molecule has 4 rings (SSSR count). The minimum atomic E-state index is -2.51. The fourth-order valence-corrected chi connectivity index (χ4v) is 4.95. The van der Waals surface area contributed by atoms with E-state index in [1.54, 1.807) is 0 Å². The molecular weight excluding hydrogens is 605 g/mol. The molecule has 1 amide bonds. The van der Waals surface area contributed by atoms with Crippen LogP contribution in [0.1, 0.15) is 55.7 Å². The maximum atomic E-state index is 11.8. The Morgan fingerprint density at radius 3 is 1.68 bits per heavy atom. The molecule has 3 atom stereocenters. The summed E-state index contributed by atoms with van der Waals surface area (Å²) in [4.78, 5) is 11.6. The van der Waals surface area contributed by atoms with Crippen molar-refractivity contribution in [3.63, 3.8) is 0 Å². The Hall–Kier alpha value is -2.67. The van der Waals surface area contributed by atoms with Crippen molar-refractivity contribution in [1.82, 2.24) is 0 Å². The number of amides is 1. The zero-order valence-electron chi connectivity index (χ0n) is 21.3. The van der Waals surface area contributed by atoms with Gasteiger partial charge in [0.05, 0.1) is 5.91 Å². The molecule has 5 nitrogen and oxygen atoms in total. The fraction of sp³-hybridized carbons (Fsp3) is 0.167. The van der Waals surface area contributed by atoms with Crippen molar-refractivity contribution in [2.75, 3.05) is 0 Å². The summed E-state index contributed by atoms with van der Waals surface area (Å²) in [5.41, 5.74) is 20.2. The van der Waals surface area contributed by atoms with Crippen LogP contribution in [0.25, 0.3) is 5.73 Å². The van der Waals surface area contributed by atoms with Crippen LogP contribution in [-0.4, -0.2) is 14.7 Å². The van der Waals surface area contributed by atoms with Crippen LogP contribution in [0, 0.1) is 20.8 Å². The van der Waals surface area contributed by atoms with E-state index in [4.69, 9.17) is 11.5 Å². The normalized spacial score (nSPS) is 12.6. The summed E-state index contributed by atoms with van der Waals surface area (Å²) in [6, 6.07) is 28.9. The van der Waals surface area contributed by atoms with Gasteiger partial charge >= 0.3 is 27.0 Å². The van der Waals surface area contributed by atoms with Gasteiger partial charge in [-0.3, -0.25) is 4.21 Å². The molecular formula is C30H30ClN2O3RuS. The Labute approximate surface area is 241 Å². The van der Waals surface area contributed by atoms with Gasteiger partial charge in [-0.2, -0.15) is 0 Å². The van der Waals surface area contributed by atoms with Gasteiger partial charge in [0, 0.05) is 16.9 Å². The molecule has 0 spiro atoms. The zero-order chi connectivity index (χ0) is 28.2. The smallest absolute Gasteiger partial charge is 0.0796 e. The first-order valence-electron chi connectivity index (χ1n) is 11.7. The minimum Gasteiger partial charge on any atom is -0.768 e. The number of rotatable bonds is 6. The number of carbonyl (C=O) groups excluding carboxylic acids is 1. The van der Waals surface area contributed by atoms with Gasteiger partial charge < -0.3 is 20.8 Å². The van der Waals surface area contributed by atoms with Crippen LogP contribution < -0.4 is 5.73 Å². The van der Waals surface area contributed by atoms with Gasteiger partial charge in [0.1, 0.15) is 0 Å². The number of benzene rings is 4. The van der Waals surface area contributed by atoms with E-state index in [2.05, 4.69) is 48.7 Å². The Bertz CT molecular complexity index is 1300. The van der Waals surface area contributed by atoms with Crippen molar-refractivity contribution in [2.24, 2.45) is 5.73 Å². The van der Waals surface area contributed by atoms with Crippen molar-refractivity contribution in [3.8, 4) is 0 Å². The molecule has 3 N–H and O–H groups in total. The maximum absolute atomic E-state index is 11.8. The van der Waals surface area contributed by atoms with Gasteiger partial charge in [0.25, 0.3) is 0 Å². The number of hydrogen-bond donors (Lipinski definition) is 1. The average Bonchev–Trinajstić information content (AvgIpc) is 2.90. The molecule has 38 heavy (non-hydrogen) atoms. The predicted molar refractivity (Wildman–Crippen MR) is 150 cm³/mol. The number of carbonyl (C=O) groups is 1. The van der Waals surface area contributed by atoms with Crippen LogP contribution in [0.15, 0.2) is 102 Å². The number of hydrogen-bond acceptors (Lipinski definition) is 4. The molecule has 4 aromatic rings. The summed E-state index contributed by atoms with van der Waals surface area (Å²) in [7, 11) is 4.57. The Morgan fingerprint density at radius 1 is 0.816 bits per heavy atom. The molecule has 0 aliphatic heterocycles. The summed E-state index contributed by atoms with van der Waals surface area (Å²) in [6.07, 6.45) is 0. The second kappa shape index (κ2) is 15.7. The third-order valence-electron chi connectivity index (χ3n) is 5.85. The minimum absolute atomic E-state index is 0.0697. The van der Waals surface area contributed by atoms with Gasteiger partial charge in [-0.05, 0) is 66.2 Å². The molecule has 1 unspecified atom stereocenters. The molecule has 4 aromatic carbocycles. The van der Waals surface area contributed by atoms with Crippen LogP contribution in [-0.2, 0) is 28.4 Å². The molecule has 0 fully saturated rings. The molecule has 0 aromatic heterocycles. The zero-order valence-corrected chi connectivity index (χ0v) is 24.6. The molecule has 8 heteroatoms. The third kappa shape index (κ3) is 8.97. The summed E-state index contributed by atoms with van der Waals surface area (Å²) < 4.78 is 23.7.